The monoisotopic (exact) mass is 582 g/mol. The Morgan fingerprint density at radius 1 is 1.22 bits per heavy atom. The summed E-state index contributed by atoms with van der Waals surface area (Å²) in [6.45, 7) is 4.38. The molecule has 0 spiro atoms. The number of amides is 1. The van der Waals surface area contributed by atoms with Crippen molar-refractivity contribution >= 4 is 27.5 Å². The van der Waals surface area contributed by atoms with Crippen LogP contribution in [0.5, 0.6) is 5.75 Å². The standard InChI is InChI=1S/C29H34N4O7S/c1-17(25(30)34)14-32-27(35)24-23(26-31-11-13-39-26)18(2)41-28(24)33(29(32)36)15-22(20-9-4-5-10-21(20)37-3)40-16-19-8-6-7-12-38-19/h4-5,9-11,13,17,19,22H,6-8,12,14-16H2,1-3H3,(H2,30,34)/t17?,19?,22-/m0/s1. The van der Waals surface area contributed by atoms with Crippen LogP contribution in [0.15, 0.2) is 50.7 Å². The Labute approximate surface area is 240 Å². The van der Waals surface area contributed by atoms with E-state index in [2.05, 4.69) is 4.98 Å². The van der Waals surface area contributed by atoms with E-state index in [4.69, 9.17) is 24.4 Å². The largest absolute Gasteiger partial charge is 0.496 e. The molecule has 2 N–H and O–H groups in total. The average Bonchev–Trinajstić information content (AvgIpc) is 3.63. The van der Waals surface area contributed by atoms with Crippen LogP contribution in [-0.2, 0) is 27.4 Å². The summed E-state index contributed by atoms with van der Waals surface area (Å²) in [7, 11) is 1.58. The predicted octanol–water partition coefficient (Wildman–Crippen LogP) is 3.65. The molecular weight excluding hydrogens is 548 g/mol. The molecule has 12 heteroatoms. The van der Waals surface area contributed by atoms with Crippen molar-refractivity contribution in [2.24, 2.45) is 11.7 Å². The molecule has 41 heavy (non-hydrogen) atoms. The molecule has 0 aliphatic carbocycles. The van der Waals surface area contributed by atoms with Crippen molar-refractivity contribution in [3.05, 3.63) is 68.0 Å². The van der Waals surface area contributed by atoms with Crippen molar-refractivity contribution in [2.45, 2.75) is 58.4 Å². The zero-order valence-corrected chi connectivity index (χ0v) is 24.1. The van der Waals surface area contributed by atoms with E-state index in [1.54, 1.807) is 14.0 Å². The Balaban J connectivity index is 1.67. The number of benzene rings is 1. The van der Waals surface area contributed by atoms with Gasteiger partial charge in [-0.1, -0.05) is 25.1 Å². The number of rotatable bonds is 11. The van der Waals surface area contributed by atoms with E-state index in [-0.39, 0.29) is 25.1 Å². The van der Waals surface area contributed by atoms with E-state index in [1.165, 1.54) is 28.4 Å². The lowest BCUT2D eigenvalue weighted by Crippen LogP contribution is -2.43. The molecule has 5 rings (SSSR count). The molecule has 2 unspecified atom stereocenters. The van der Waals surface area contributed by atoms with Crippen molar-refractivity contribution in [3.63, 3.8) is 0 Å². The van der Waals surface area contributed by atoms with E-state index in [0.29, 0.717) is 34.7 Å². The second-order valence-electron chi connectivity index (χ2n) is 10.2. The number of hydrogen-bond donors (Lipinski definition) is 1. The minimum absolute atomic E-state index is 0.0521. The Morgan fingerprint density at radius 3 is 2.71 bits per heavy atom. The SMILES string of the molecule is COc1ccccc1[C@H](Cn1c(=O)n(CC(C)C(N)=O)c(=O)c2c(-c3ncco3)c(C)sc21)OCC1CCCCO1. The Hall–Kier alpha value is -3.74. The third-order valence-corrected chi connectivity index (χ3v) is 8.54. The normalized spacial score (nSPS) is 17.0. The Morgan fingerprint density at radius 2 is 2.02 bits per heavy atom. The molecule has 1 aromatic carbocycles. The molecular formula is C29H34N4O7S. The van der Waals surface area contributed by atoms with Crippen molar-refractivity contribution in [1.29, 1.82) is 0 Å². The number of fused-ring (bicyclic) bond motifs is 1. The minimum Gasteiger partial charge on any atom is -0.496 e. The molecule has 1 fully saturated rings. The van der Waals surface area contributed by atoms with Crippen molar-refractivity contribution in [1.82, 2.24) is 14.1 Å². The summed E-state index contributed by atoms with van der Waals surface area (Å²) in [5, 5.41) is 0.292. The van der Waals surface area contributed by atoms with Gasteiger partial charge in [0.25, 0.3) is 5.56 Å². The summed E-state index contributed by atoms with van der Waals surface area (Å²) in [6, 6.07) is 7.49. The van der Waals surface area contributed by atoms with Crippen LogP contribution in [0.1, 0.15) is 42.7 Å². The first-order chi connectivity index (χ1) is 19.8. The number of aryl methyl sites for hydroxylation is 1. The number of nitrogens with two attached hydrogens (primary N) is 1. The summed E-state index contributed by atoms with van der Waals surface area (Å²) in [5.41, 5.74) is 5.69. The van der Waals surface area contributed by atoms with Gasteiger partial charge < -0.3 is 24.4 Å². The summed E-state index contributed by atoms with van der Waals surface area (Å²) in [5.74, 6) is -0.469. The third kappa shape index (κ3) is 5.85. The highest BCUT2D eigenvalue weighted by Gasteiger charge is 2.28. The van der Waals surface area contributed by atoms with E-state index >= 15 is 0 Å². The molecule has 0 saturated carbocycles. The summed E-state index contributed by atoms with van der Waals surface area (Å²) >= 11 is 1.31. The maximum absolute atomic E-state index is 14.0. The summed E-state index contributed by atoms with van der Waals surface area (Å²) < 4.78 is 26.2. The van der Waals surface area contributed by atoms with E-state index < -0.39 is 29.2 Å². The van der Waals surface area contributed by atoms with Gasteiger partial charge in [-0.15, -0.1) is 11.3 Å². The number of hydrogen-bond acceptors (Lipinski definition) is 9. The van der Waals surface area contributed by atoms with Gasteiger partial charge >= 0.3 is 5.69 Å². The van der Waals surface area contributed by atoms with Gasteiger partial charge in [0.15, 0.2) is 0 Å². The van der Waals surface area contributed by atoms with Crippen LogP contribution in [0.25, 0.3) is 21.7 Å². The van der Waals surface area contributed by atoms with Gasteiger partial charge in [0.2, 0.25) is 11.8 Å². The fourth-order valence-electron chi connectivity index (χ4n) is 5.16. The molecule has 3 aromatic heterocycles. The van der Waals surface area contributed by atoms with Gasteiger partial charge in [-0.25, -0.2) is 9.78 Å². The fourth-order valence-corrected chi connectivity index (χ4v) is 6.30. The molecule has 4 heterocycles. The van der Waals surface area contributed by atoms with Crippen LogP contribution < -0.4 is 21.7 Å². The first-order valence-corrected chi connectivity index (χ1v) is 14.4. The quantitative estimate of drug-likeness (QED) is 0.283. The topological polar surface area (TPSA) is 141 Å². The van der Waals surface area contributed by atoms with Crippen LogP contribution in [0.3, 0.4) is 0 Å². The third-order valence-electron chi connectivity index (χ3n) is 7.41. The highest BCUT2D eigenvalue weighted by atomic mass is 32.1. The van der Waals surface area contributed by atoms with Gasteiger partial charge in [0.1, 0.15) is 22.9 Å². The molecule has 0 bridgehead atoms. The number of carbonyl (C=O) groups is 1. The number of carbonyl (C=O) groups excluding carboxylic acids is 1. The summed E-state index contributed by atoms with van der Waals surface area (Å²) in [4.78, 5) is 45.3. The van der Waals surface area contributed by atoms with Crippen LogP contribution in [0.4, 0.5) is 0 Å². The number of methoxy groups -OCH3 is 1. The van der Waals surface area contributed by atoms with Crippen LogP contribution in [0, 0.1) is 12.8 Å². The number of para-hydroxylation sites is 1. The molecule has 11 nitrogen and oxygen atoms in total. The molecule has 4 aromatic rings. The first-order valence-electron chi connectivity index (χ1n) is 13.6. The van der Waals surface area contributed by atoms with Crippen LogP contribution >= 0.6 is 11.3 Å². The van der Waals surface area contributed by atoms with Gasteiger partial charge in [-0.05, 0) is 32.3 Å². The van der Waals surface area contributed by atoms with Gasteiger partial charge in [0.05, 0.1) is 49.4 Å². The minimum atomic E-state index is -0.749. The van der Waals surface area contributed by atoms with Gasteiger partial charge in [-0.2, -0.15) is 0 Å². The number of aromatic nitrogens is 3. The van der Waals surface area contributed by atoms with E-state index in [9.17, 15) is 14.4 Å². The second-order valence-corrected chi connectivity index (χ2v) is 11.4. The number of thiophene rings is 1. The molecule has 1 amide bonds. The van der Waals surface area contributed by atoms with Gasteiger partial charge in [-0.3, -0.25) is 18.7 Å². The fraction of sp³-hybridized carbons (Fsp3) is 0.448. The molecule has 1 aliphatic heterocycles. The van der Waals surface area contributed by atoms with Crippen molar-refractivity contribution < 1.29 is 23.4 Å². The lowest BCUT2D eigenvalue weighted by atomic mass is 10.1. The number of nitrogens with zero attached hydrogens (tertiary/aromatic N) is 3. The highest BCUT2D eigenvalue weighted by molar-refractivity contribution is 7.19. The van der Waals surface area contributed by atoms with Crippen LogP contribution in [-0.4, -0.2) is 46.5 Å². The molecule has 1 aliphatic rings. The Kier molecular flexibility index (Phi) is 8.71. The van der Waals surface area contributed by atoms with E-state index in [0.717, 1.165) is 34.3 Å². The first kappa shape index (κ1) is 28.8. The molecule has 3 atom stereocenters. The maximum atomic E-state index is 14.0. The zero-order valence-electron chi connectivity index (χ0n) is 23.3. The smallest absolute Gasteiger partial charge is 0.332 e. The second kappa shape index (κ2) is 12.4. The van der Waals surface area contributed by atoms with Crippen LogP contribution in [0.2, 0.25) is 0 Å². The maximum Gasteiger partial charge on any atom is 0.332 e. The Bertz CT molecular complexity index is 1630. The molecule has 218 valence electrons. The predicted molar refractivity (Wildman–Crippen MR) is 154 cm³/mol. The van der Waals surface area contributed by atoms with Gasteiger partial charge in [0, 0.05) is 23.6 Å². The molecule has 0 radical (unpaired) electrons. The molecule has 1 saturated heterocycles. The highest BCUT2D eigenvalue weighted by Crippen LogP contribution is 2.37. The van der Waals surface area contributed by atoms with Crippen molar-refractivity contribution in [3.8, 4) is 17.2 Å². The van der Waals surface area contributed by atoms with E-state index in [1.807, 2.05) is 31.2 Å². The lowest BCUT2D eigenvalue weighted by molar-refractivity contribution is -0.121. The number of oxazole rings is 1. The summed E-state index contributed by atoms with van der Waals surface area (Å²) in [6.07, 6.45) is 5.25. The average molecular weight is 583 g/mol. The number of ether oxygens (including phenoxy) is 3. The van der Waals surface area contributed by atoms with Crippen molar-refractivity contribution in [2.75, 3.05) is 20.3 Å². The number of primary amides is 1. The lowest BCUT2D eigenvalue weighted by Gasteiger charge is -2.27. The zero-order chi connectivity index (χ0) is 29.1.